The predicted molar refractivity (Wildman–Crippen MR) is 149 cm³/mol. The summed E-state index contributed by atoms with van der Waals surface area (Å²) in [6.45, 7) is 7.26. The standard InChI is InChI=1S/C28H29F2N5O4S/c1-15(2)22-24(16(3)8-9-32-22)35-27-17(14-19(30)23(33-27)21-18(29)6-5-7-20(21)36)25(34-12-10-31-11-13-34)26(28(35)37)40(4,38)39/h5-9,14-15,31,36H,10-13H2,1-4H3. The Morgan fingerprint density at radius 1 is 1.07 bits per heavy atom. The van der Waals surface area contributed by atoms with Gasteiger partial charge in [0, 0.05) is 44.0 Å². The van der Waals surface area contributed by atoms with Crippen LogP contribution in [0.3, 0.4) is 0 Å². The smallest absolute Gasteiger partial charge is 0.277 e. The second kappa shape index (κ2) is 10.3. The molecular weight excluding hydrogens is 540 g/mol. The van der Waals surface area contributed by atoms with Crippen molar-refractivity contribution in [2.45, 2.75) is 31.6 Å². The highest BCUT2D eigenvalue weighted by Crippen LogP contribution is 2.39. The van der Waals surface area contributed by atoms with Crippen LogP contribution in [0.1, 0.15) is 31.0 Å². The Hall–Kier alpha value is -3.90. The van der Waals surface area contributed by atoms with Gasteiger partial charge in [-0.3, -0.25) is 14.3 Å². The van der Waals surface area contributed by atoms with Crippen LogP contribution >= 0.6 is 0 Å². The molecule has 4 aromatic rings. The van der Waals surface area contributed by atoms with E-state index in [1.165, 1.54) is 12.1 Å². The Bertz CT molecular complexity index is 1800. The number of aromatic hydroxyl groups is 1. The van der Waals surface area contributed by atoms with E-state index < -0.39 is 48.9 Å². The zero-order valence-corrected chi connectivity index (χ0v) is 23.3. The fourth-order valence-corrected chi connectivity index (χ4v) is 6.20. The number of nitrogens with zero attached hydrogens (tertiary/aromatic N) is 4. The normalized spacial score (nSPS) is 14.3. The van der Waals surface area contributed by atoms with Crippen molar-refractivity contribution in [1.29, 1.82) is 0 Å². The number of sulfone groups is 1. The highest BCUT2D eigenvalue weighted by molar-refractivity contribution is 7.90. The molecule has 3 aromatic heterocycles. The molecular formula is C28H29F2N5O4S. The van der Waals surface area contributed by atoms with Gasteiger partial charge in [-0.15, -0.1) is 0 Å². The molecule has 0 atom stereocenters. The van der Waals surface area contributed by atoms with Crippen LogP contribution in [0.25, 0.3) is 28.0 Å². The Kier molecular flexibility index (Phi) is 7.09. The summed E-state index contributed by atoms with van der Waals surface area (Å²) in [5.74, 6) is -2.60. The lowest BCUT2D eigenvalue weighted by molar-refractivity contribution is 0.470. The maximum absolute atomic E-state index is 15.8. The average Bonchev–Trinajstić information content (AvgIpc) is 2.88. The van der Waals surface area contributed by atoms with E-state index in [-0.39, 0.29) is 22.6 Å². The van der Waals surface area contributed by atoms with E-state index >= 15 is 4.39 Å². The highest BCUT2D eigenvalue weighted by Gasteiger charge is 2.32. The quantitative estimate of drug-likeness (QED) is 0.374. The number of rotatable bonds is 5. The van der Waals surface area contributed by atoms with E-state index in [0.717, 1.165) is 23.0 Å². The van der Waals surface area contributed by atoms with Gasteiger partial charge >= 0.3 is 0 Å². The number of hydrogen-bond donors (Lipinski definition) is 2. The van der Waals surface area contributed by atoms with Gasteiger partial charge in [0.2, 0.25) is 0 Å². The third-order valence-corrected chi connectivity index (χ3v) is 8.10. The summed E-state index contributed by atoms with van der Waals surface area (Å²) in [7, 11) is -4.14. The molecule has 1 aromatic carbocycles. The number of benzene rings is 1. The predicted octanol–water partition coefficient (Wildman–Crippen LogP) is 3.68. The van der Waals surface area contributed by atoms with Gasteiger partial charge in [-0.05, 0) is 42.7 Å². The average molecular weight is 570 g/mol. The van der Waals surface area contributed by atoms with Crippen LogP contribution in [0.5, 0.6) is 5.75 Å². The van der Waals surface area contributed by atoms with E-state index in [2.05, 4.69) is 15.3 Å². The molecule has 40 heavy (non-hydrogen) atoms. The summed E-state index contributed by atoms with van der Waals surface area (Å²) in [6, 6.07) is 6.29. The summed E-state index contributed by atoms with van der Waals surface area (Å²) in [4.78, 5) is 24.5. The van der Waals surface area contributed by atoms with Crippen molar-refractivity contribution in [3.63, 3.8) is 0 Å². The highest BCUT2D eigenvalue weighted by atomic mass is 32.2. The van der Waals surface area contributed by atoms with Crippen molar-refractivity contribution in [1.82, 2.24) is 19.9 Å². The number of anilines is 1. The molecule has 1 saturated heterocycles. The zero-order chi connectivity index (χ0) is 28.9. The number of hydrogen-bond acceptors (Lipinski definition) is 8. The minimum atomic E-state index is -4.14. The van der Waals surface area contributed by atoms with Gasteiger partial charge in [-0.25, -0.2) is 22.2 Å². The summed E-state index contributed by atoms with van der Waals surface area (Å²) in [5.41, 5.74) is -0.467. The van der Waals surface area contributed by atoms with Gasteiger partial charge in [0.25, 0.3) is 5.56 Å². The fourth-order valence-electron chi connectivity index (χ4n) is 5.20. The fraction of sp³-hybridized carbons (Fsp3) is 0.321. The molecule has 1 fully saturated rings. The molecule has 12 heteroatoms. The van der Waals surface area contributed by atoms with E-state index in [1.54, 1.807) is 24.1 Å². The van der Waals surface area contributed by atoms with Crippen molar-refractivity contribution < 1.29 is 22.3 Å². The number of nitrogens with one attached hydrogen (secondary N) is 1. The van der Waals surface area contributed by atoms with Crippen molar-refractivity contribution in [2.75, 3.05) is 37.3 Å². The molecule has 1 aliphatic rings. The van der Waals surface area contributed by atoms with Gasteiger partial charge in [-0.1, -0.05) is 19.9 Å². The van der Waals surface area contributed by atoms with Crippen LogP contribution in [0.4, 0.5) is 14.5 Å². The first-order valence-corrected chi connectivity index (χ1v) is 14.7. The largest absolute Gasteiger partial charge is 0.507 e. The number of phenolic OH excluding ortho intramolecular Hbond substituents is 1. The summed E-state index contributed by atoms with van der Waals surface area (Å²) < 4.78 is 58.4. The molecule has 0 saturated carbocycles. The van der Waals surface area contributed by atoms with Crippen LogP contribution in [-0.4, -0.2) is 60.5 Å². The number of phenols is 1. The molecule has 0 amide bonds. The van der Waals surface area contributed by atoms with Crippen LogP contribution < -0.4 is 15.8 Å². The lowest BCUT2D eigenvalue weighted by Crippen LogP contribution is -2.45. The topological polar surface area (TPSA) is 117 Å². The number of aryl methyl sites for hydroxylation is 1. The van der Waals surface area contributed by atoms with E-state index in [1.807, 2.05) is 13.8 Å². The zero-order valence-electron chi connectivity index (χ0n) is 22.5. The van der Waals surface area contributed by atoms with Crippen LogP contribution in [-0.2, 0) is 9.84 Å². The second-order valence-electron chi connectivity index (χ2n) is 10.2. The van der Waals surface area contributed by atoms with Gasteiger partial charge in [0.1, 0.15) is 17.3 Å². The maximum Gasteiger partial charge on any atom is 0.277 e. The molecule has 0 radical (unpaired) electrons. The molecule has 5 rings (SSSR count). The molecule has 1 aliphatic heterocycles. The molecule has 9 nitrogen and oxygen atoms in total. The van der Waals surface area contributed by atoms with Crippen LogP contribution in [0.15, 0.2) is 46.2 Å². The van der Waals surface area contributed by atoms with Crippen molar-refractivity contribution >= 4 is 26.6 Å². The monoisotopic (exact) mass is 569 g/mol. The van der Waals surface area contributed by atoms with Crippen LogP contribution in [0.2, 0.25) is 0 Å². The molecule has 0 bridgehead atoms. The van der Waals surface area contributed by atoms with E-state index in [0.29, 0.717) is 43.1 Å². The van der Waals surface area contributed by atoms with Crippen LogP contribution in [0, 0.1) is 18.6 Å². The Morgan fingerprint density at radius 2 is 1.77 bits per heavy atom. The van der Waals surface area contributed by atoms with Gasteiger partial charge in [-0.2, -0.15) is 0 Å². The number of pyridine rings is 3. The Balaban J connectivity index is 2.05. The van der Waals surface area contributed by atoms with Gasteiger partial charge in [0.05, 0.1) is 22.6 Å². The summed E-state index contributed by atoms with van der Waals surface area (Å²) in [6.07, 6.45) is 2.53. The number of halogens is 2. The minimum Gasteiger partial charge on any atom is -0.507 e. The molecule has 0 spiro atoms. The first-order valence-electron chi connectivity index (χ1n) is 12.8. The molecule has 4 heterocycles. The van der Waals surface area contributed by atoms with E-state index in [4.69, 9.17) is 0 Å². The molecule has 210 valence electrons. The minimum absolute atomic E-state index is 0.0450. The Labute approximate surface area is 230 Å². The maximum atomic E-state index is 15.8. The SMILES string of the molecule is Cc1ccnc(C(C)C)c1-n1c(=O)c(S(C)(=O)=O)c(N2CCNCC2)c2cc(F)c(-c3c(O)cccc3F)nc21. The van der Waals surface area contributed by atoms with Crippen molar-refractivity contribution in [3.05, 3.63) is 69.8 Å². The molecule has 0 aliphatic carbocycles. The lowest BCUT2D eigenvalue weighted by atomic mass is 10.0. The Morgan fingerprint density at radius 3 is 2.40 bits per heavy atom. The van der Waals surface area contributed by atoms with Gasteiger partial charge < -0.3 is 15.3 Å². The lowest BCUT2D eigenvalue weighted by Gasteiger charge is -2.32. The number of fused-ring (bicyclic) bond motifs is 1. The van der Waals surface area contributed by atoms with Gasteiger partial charge in [0.15, 0.2) is 26.2 Å². The molecule has 2 N–H and O–H groups in total. The van der Waals surface area contributed by atoms with Crippen molar-refractivity contribution in [3.8, 4) is 22.7 Å². The van der Waals surface area contributed by atoms with E-state index in [9.17, 15) is 22.7 Å². The second-order valence-corrected chi connectivity index (χ2v) is 12.1. The number of aromatic nitrogens is 3. The summed E-state index contributed by atoms with van der Waals surface area (Å²) >= 11 is 0. The third kappa shape index (κ3) is 4.60. The first kappa shape index (κ1) is 27.7. The number of piperazine rings is 1. The third-order valence-electron chi connectivity index (χ3n) is 6.99. The van der Waals surface area contributed by atoms with Crippen molar-refractivity contribution in [2.24, 2.45) is 0 Å². The first-order chi connectivity index (χ1) is 18.9. The molecule has 0 unspecified atom stereocenters. The summed E-state index contributed by atoms with van der Waals surface area (Å²) in [5, 5.41) is 13.7.